The zero-order valence-corrected chi connectivity index (χ0v) is 14.3. The van der Waals surface area contributed by atoms with E-state index in [4.69, 9.17) is 4.74 Å². The van der Waals surface area contributed by atoms with Crippen molar-refractivity contribution in [2.24, 2.45) is 4.99 Å². The minimum Gasteiger partial charge on any atom is -0.444 e. The van der Waals surface area contributed by atoms with Crippen molar-refractivity contribution in [2.45, 2.75) is 51.2 Å². The molecule has 0 aromatic heterocycles. The fourth-order valence-corrected chi connectivity index (χ4v) is 2.51. The fraction of sp³-hybridized carbons (Fsp3) is 0.556. The highest BCUT2D eigenvalue weighted by Gasteiger charge is 2.40. The van der Waals surface area contributed by atoms with Crippen LogP contribution in [0.25, 0.3) is 0 Å². The lowest BCUT2D eigenvalue weighted by molar-refractivity contribution is -0.0404. The molecular weight excluding hydrogens is 314 g/mol. The summed E-state index contributed by atoms with van der Waals surface area (Å²) in [4.78, 5) is 17.5. The molecule has 1 heterocycles. The van der Waals surface area contributed by atoms with E-state index in [1.165, 1.54) is 0 Å². The van der Waals surface area contributed by atoms with Crippen LogP contribution in [0.3, 0.4) is 0 Å². The monoisotopic (exact) mass is 338 g/mol. The van der Waals surface area contributed by atoms with Crippen molar-refractivity contribution in [3.63, 3.8) is 0 Å². The van der Waals surface area contributed by atoms with Gasteiger partial charge < -0.3 is 9.64 Å². The summed E-state index contributed by atoms with van der Waals surface area (Å²) >= 11 is 0. The third kappa shape index (κ3) is 5.91. The van der Waals surface area contributed by atoms with Gasteiger partial charge in [-0.2, -0.15) is 0 Å². The van der Waals surface area contributed by atoms with Gasteiger partial charge in [0.25, 0.3) is 5.92 Å². The Kier molecular flexibility index (Phi) is 5.57. The molecule has 6 heteroatoms. The van der Waals surface area contributed by atoms with Gasteiger partial charge in [0.2, 0.25) is 0 Å². The van der Waals surface area contributed by atoms with E-state index in [0.717, 1.165) is 10.5 Å². The Hall–Kier alpha value is -1.98. The first-order chi connectivity index (χ1) is 11.1. The van der Waals surface area contributed by atoms with Crippen molar-refractivity contribution in [3.05, 3.63) is 35.9 Å². The van der Waals surface area contributed by atoms with Crippen LogP contribution in [-0.4, -0.2) is 47.9 Å². The highest BCUT2D eigenvalue weighted by Crippen LogP contribution is 2.29. The highest BCUT2D eigenvalue weighted by atomic mass is 19.3. The molecule has 1 atom stereocenters. The molecule has 0 spiro atoms. The predicted molar refractivity (Wildman–Crippen MR) is 89.8 cm³/mol. The van der Waals surface area contributed by atoms with Crippen molar-refractivity contribution < 1.29 is 18.3 Å². The lowest BCUT2D eigenvalue weighted by Gasteiger charge is -2.28. The predicted octanol–water partition coefficient (Wildman–Crippen LogP) is 4.14. The number of aliphatic imine (C=N–C) groups is 1. The lowest BCUT2D eigenvalue weighted by Crippen LogP contribution is -2.42. The summed E-state index contributed by atoms with van der Waals surface area (Å²) in [5.41, 5.74) is 0.165. The van der Waals surface area contributed by atoms with E-state index in [1.807, 2.05) is 30.3 Å². The minimum absolute atomic E-state index is 0.210. The number of alkyl halides is 2. The number of likely N-dealkylation sites (tertiary alicyclic amines) is 1. The van der Waals surface area contributed by atoms with E-state index < -0.39 is 30.2 Å². The van der Waals surface area contributed by atoms with Gasteiger partial charge in [0, 0.05) is 19.2 Å². The Morgan fingerprint density at radius 3 is 2.62 bits per heavy atom. The number of nitrogens with zero attached hydrogens (tertiary/aromatic N) is 2. The number of benzene rings is 1. The molecule has 0 N–H and O–H groups in total. The summed E-state index contributed by atoms with van der Waals surface area (Å²) in [6, 6.07) is 8.83. The summed E-state index contributed by atoms with van der Waals surface area (Å²) < 4.78 is 33.5. The molecule has 4 nitrogen and oxygen atoms in total. The SMILES string of the molecule is CC(C)(C)OC(=O)N1CCC(N=Cc2ccccc2)CC(F)(F)C1. The maximum Gasteiger partial charge on any atom is 0.410 e. The van der Waals surface area contributed by atoms with Gasteiger partial charge in [0.15, 0.2) is 0 Å². The summed E-state index contributed by atoms with van der Waals surface area (Å²) in [5, 5.41) is 0. The normalized spacial score (nSPS) is 21.5. The van der Waals surface area contributed by atoms with Crippen molar-refractivity contribution in [2.75, 3.05) is 13.1 Å². The molecule has 1 unspecified atom stereocenters. The van der Waals surface area contributed by atoms with Crippen molar-refractivity contribution in [3.8, 4) is 0 Å². The fourth-order valence-electron chi connectivity index (χ4n) is 2.51. The quantitative estimate of drug-likeness (QED) is 0.761. The second-order valence-electron chi connectivity index (χ2n) is 7.09. The number of hydrogen-bond donors (Lipinski definition) is 0. The van der Waals surface area contributed by atoms with Crippen LogP contribution in [-0.2, 0) is 4.74 Å². The largest absolute Gasteiger partial charge is 0.444 e. The standard InChI is InChI=1S/C18H24F2N2O2/c1-17(2,3)24-16(23)22-10-9-15(11-18(19,20)13-22)21-12-14-7-5-4-6-8-14/h4-8,12,15H,9-11,13H2,1-3H3. The summed E-state index contributed by atoms with van der Waals surface area (Å²) in [5.74, 6) is -2.98. The molecule has 1 fully saturated rings. The molecule has 0 radical (unpaired) electrons. The van der Waals surface area contributed by atoms with E-state index >= 15 is 0 Å². The van der Waals surface area contributed by atoms with E-state index in [-0.39, 0.29) is 13.0 Å². The average Bonchev–Trinajstić information content (AvgIpc) is 2.62. The number of halogens is 2. The third-order valence-corrected chi connectivity index (χ3v) is 3.57. The van der Waals surface area contributed by atoms with E-state index in [2.05, 4.69) is 4.99 Å². The molecule has 1 aliphatic heterocycles. The Labute approximate surface area is 141 Å². The second kappa shape index (κ2) is 7.28. The van der Waals surface area contributed by atoms with Crippen LogP contribution in [0.15, 0.2) is 35.3 Å². The minimum atomic E-state index is -2.98. The summed E-state index contributed by atoms with van der Waals surface area (Å²) in [6.07, 6.45) is 0.937. The van der Waals surface area contributed by atoms with Gasteiger partial charge in [0.1, 0.15) is 5.60 Å². The summed E-state index contributed by atoms with van der Waals surface area (Å²) in [6.45, 7) is 4.73. The van der Waals surface area contributed by atoms with Crippen LogP contribution >= 0.6 is 0 Å². The van der Waals surface area contributed by atoms with Crippen LogP contribution in [0.1, 0.15) is 39.2 Å². The second-order valence-corrected chi connectivity index (χ2v) is 7.09. The zero-order chi connectivity index (χ0) is 17.8. The van der Waals surface area contributed by atoms with E-state index in [9.17, 15) is 13.6 Å². The van der Waals surface area contributed by atoms with Gasteiger partial charge in [-0.05, 0) is 32.8 Å². The molecule has 0 bridgehead atoms. The molecule has 1 saturated heterocycles. The molecule has 1 aromatic rings. The molecule has 1 aliphatic rings. The first-order valence-corrected chi connectivity index (χ1v) is 8.09. The van der Waals surface area contributed by atoms with Crippen molar-refractivity contribution in [1.29, 1.82) is 0 Å². The smallest absolute Gasteiger partial charge is 0.410 e. The van der Waals surface area contributed by atoms with Crippen LogP contribution in [0.5, 0.6) is 0 Å². The molecule has 0 saturated carbocycles. The van der Waals surface area contributed by atoms with Gasteiger partial charge in [0.05, 0.1) is 12.6 Å². The highest BCUT2D eigenvalue weighted by molar-refractivity contribution is 5.79. The van der Waals surface area contributed by atoms with Crippen LogP contribution in [0, 0.1) is 0 Å². The van der Waals surface area contributed by atoms with Crippen molar-refractivity contribution in [1.82, 2.24) is 4.90 Å². The third-order valence-electron chi connectivity index (χ3n) is 3.57. The molecule has 132 valence electrons. The van der Waals surface area contributed by atoms with Gasteiger partial charge in [-0.3, -0.25) is 4.99 Å². The maximum absolute atomic E-state index is 14.2. The lowest BCUT2D eigenvalue weighted by atomic mass is 10.1. The van der Waals surface area contributed by atoms with Crippen LogP contribution in [0.2, 0.25) is 0 Å². The first kappa shape index (κ1) is 18.4. The van der Waals surface area contributed by atoms with Crippen LogP contribution < -0.4 is 0 Å². The Balaban J connectivity index is 2.03. The number of carbonyl (C=O) groups excluding carboxylic acids is 1. The number of amides is 1. The zero-order valence-electron chi connectivity index (χ0n) is 14.3. The van der Waals surface area contributed by atoms with Gasteiger partial charge in [-0.1, -0.05) is 30.3 Å². The summed E-state index contributed by atoms with van der Waals surface area (Å²) in [7, 11) is 0. The van der Waals surface area contributed by atoms with Gasteiger partial charge in [-0.25, -0.2) is 13.6 Å². The molecule has 24 heavy (non-hydrogen) atoms. The molecular formula is C18H24F2N2O2. The number of carbonyl (C=O) groups is 1. The van der Waals surface area contributed by atoms with Gasteiger partial charge in [-0.15, -0.1) is 0 Å². The Bertz CT molecular complexity index is 582. The van der Waals surface area contributed by atoms with Crippen LogP contribution in [0.4, 0.5) is 13.6 Å². The average molecular weight is 338 g/mol. The number of hydrogen-bond acceptors (Lipinski definition) is 3. The van der Waals surface area contributed by atoms with Gasteiger partial charge >= 0.3 is 6.09 Å². The molecule has 1 aromatic carbocycles. The Morgan fingerprint density at radius 1 is 1.33 bits per heavy atom. The van der Waals surface area contributed by atoms with E-state index in [1.54, 1.807) is 27.0 Å². The topological polar surface area (TPSA) is 41.9 Å². The molecule has 1 amide bonds. The molecule has 2 rings (SSSR count). The first-order valence-electron chi connectivity index (χ1n) is 8.09. The number of rotatable bonds is 2. The molecule has 0 aliphatic carbocycles. The Morgan fingerprint density at radius 2 is 2.00 bits per heavy atom. The van der Waals surface area contributed by atoms with E-state index in [0.29, 0.717) is 6.42 Å². The maximum atomic E-state index is 14.2. The number of ether oxygens (including phenoxy) is 1. The van der Waals surface area contributed by atoms with Crippen molar-refractivity contribution >= 4 is 12.3 Å².